The maximum atomic E-state index is 9.23. The Morgan fingerprint density at radius 2 is 1.33 bits per heavy atom. The molecule has 0 aliphatic heterocycles. The first kappa shape index (κ1) is 17.9. The minimum atomic E-state index is 0.0810. The van der Waals surface area contributed by atoms with E-state index >= 15 is 0 Å². The Bertz CT molecular complexity index is 148. The fourth-order valence-corrected chi connectivity index (χ4v) is 2.16. The van der Waals surface area contributed by atoms with Crippen LogP contribution in [0.1, 0.15) is 84.5 Å². The number of hydrogen-bond acceptors (Lipinski definition) is 2. The molecule has 0 aliphatic carbocycles. The molecule has 0 saturated heterocycles. The van der Waals surface area contributed by atoms with Gasteiger partial charge in [-0.25, -0.2) is 0 Å². The van der Waals surface area contributed by atoms with E-state index in [0.29, 0.717) is 0 Å². The Morgan fingerprint density at radius 1 is 0.778 bits per heavy atom. The molecule has 1 atom stereocenters. The molecule has 110 valence electrons. The van der Waals surface area contributed by atoms with Gasteiger partial charge in [-0.3, -0.25) is 0 Å². The Hall–Kier alpha value is -0.0800. The van der Waals surface area contributed by atoms with Gasteiger partial charge in [0.1, 0.15) is 0 Å². The van der Waals surface area contributed by atoms with E-state index in [2.05, 4.69) is 13.8 Å². The molecular weight excluding hydrogens is 224 g/mol. The third-order valence-electron chi connectivity index (χ3n) is 3.43. The second-order valence-electron chi connectivity index (χ2n) is 5.29. The fraction of sp³-hybridized carbons (Fsp3) is 1.00. The van der Waals surface area contributed by atoms with Gasteiger partial charge in [0.2, 0.25) is 0 Å². The molecule has 0 aromatic heterocycles. The summed E-state index contributed by atoms with van der Waals surface area (Å²) in [4.78, 5) is 0. The highest BCUT2D eigenvalue weighted by Crippen LogP contribution is 2.10. The van der Waals surface area contributed by atoms with Crippen molar-refractivity contribution < 1.29 is 9.84 Å². The van der Waals surface area contributed by atoms with Crippen LogP contribution in [-0.2, 0) is 4.74 Å². The Balaban J connectivity index is 3.27. The highest BCUT2D eigenvalue weighted by molar-refractivity contribution is 4.57. The monoisotopic (exact) mass is 258 g/mol. The molecule has 0 aromatic rings. The zero-order valence-corrected chi connectivity index (χ0v) is 12.6. The SMILES string of the molecule is CCCCCCCCOC(CO)CCCCCC. The summed E-state index contributed by atoms with van der Waals surface area (Å²) in [7, 11) is 0. The molecule has 0 amide bonds. The average Bonchev–Trinajstić information content (AvgIpc) is 2.40. The standard InChI is InChI=1S/C16H34O2/c1-3-5-7-9-10-12-14-18-16(15-17)13-11-8-6-4-2/h16-17H,3-15H2,1-2H3. The number of unbranched alkanes of at least 4 members (excludes halogenated alkanes) is 8. The maximum absolute atomic E-state index is 9.23. The van der Waals surface area contributed by atoms with Crippen LogP contribution in [0, 0.1) is 0 Å². The molecule has 1 N–H and O–H groups in total. The van der Waals surface area contributed by atoms with Crippen molar-refractivity contribution in [2.24, 2.45) is 0 Å². The quantitative estimate of drug-likeness (QED) is 0.458. The lowest BCUT2D eigenvalue weighted by molar-refractivity contribution is 0.00499. The summed E-state index contributed by atoms with van der Waals surface area (Å²) in [6.45, 7) is 5.47. The van der Waals surface area contributed by atoms with E-state index in [4.69, 9.17) is 4.74 Å². The molecule has 0 rings (SSSR count). The van der Waals surface area contributed by atoms with Crippen LogP contribution in [0.5, 0.6) is 0 Å². The molecule has 0 spiro atoms. The van der Waals surface area contributed by atoms with E-state index in [-0.39, 0.29) is 12.7 Å². The molecule has 0 aliphatic rings. The largest absolute Gasteiger partial charge is 0.394 e. The van der Waals surface area contributed by atoms with Crippen LogP contribution in [0.4, 0.5) is 0 Å². The fourth-order valence-electron chi connectivity index (χ4n) is 2.16. The second kappa shape index (κ2) is 15.0. The summed E-state index contributed by atoms with van der Waals surface area (Å²) >= 11 is 0. The first-order valence-corrected chi connectivity index (χ1v) is 8.07. The van der Waals surface area contributed by atoms with Crippen molar-refractivity contribution in [3.63, 3.8) is 0 Å². The summed E-state index contributed by atoms with van der Waals surface area (Å²) < 4.78 is 5.73. The van der Waals surface area contributed by atoms with Crippen LogP contribution in [0.15, 0.2) is 0 Å². The molecule has 1 unspecified atom stereocenters. The lowest BCUT2D eigenvalue weighted by Gasteiger charge is -2.15. The summed E-state index contributed by atoms with van der Waals surface area (Å²) in [5.74, 6) is 0. The van der Waals surface area contributed by atoms with Gasteiger partial charge in [-0.15, -0.1) is 0 Å². The van der Waals surface area contributed by atoms with E-state index in [1.54, 1.807) is 0 Å². The van der Waals surface area contributed by atoms with Gasteiger partial charge in [0.05, 0.1) is 12.7 Å². The topological polar surface area (TPSA) is 29.5 Å². The Labute approximate surface area is 114 Å². The second-order valence-corrected chi connectivity index (χ2v) is 5.29. The van der Waals surface area contributed by atoms with E-state index in [1.807, 2.05) is 0 Å². The minimum Gasteiger partial charge on any atom is -0.394 e. The summed E-state index contributed by atoms with van der Waals surface area (Å²) in [5, 5.41) is 9.23. The first-order valence-electron chi connectivity index (χ1n) is 8.07. The van der Waals surface area contributed by atoms with Gasteiger partial charge in [0, 0.05) is 6.61 Å². The lowest BCUT2D eigenvalue weighted by atomic mass is 10.1. The zero-order valence-electron chi connectivity index (χ0n) is 12.6. The van der Waals surface area contributed by atoms with Gasteiger partial charge in [-0.1, -0.05) is 71.6 Å². The number of hydrogen-bond donors (Lipinski definition) is 1. The van der Waals surface area contributed by atoms with Crippen molar-refractivity contribution in [3.8, 4) is 0 Å². The normalized spacial score (nSPS) is 12.8. The van der Waals surface area contributed by atoms with Crippen LogP contribution in [0.2, 0.25) is 0 Å². The molecule has 2 heteroatoms. The van der Waals surface area contributed by atoms with Crippen LogP contribution in [-0.4, -0.2) is 24.4 Å². The van der Waals surface area contributed by atoms with E-state index in [9.17, 15) is 5.11 Å². The molecular formula is C16H34O2. The van der Waals surface area contributed by atoms with E-state index in [1.165, 1.54) is 57.8 Å². The van der Waals surface area contributed by atoms with Gasteiger partial charge in [-0.05, 0) is 12.8 Å². The highest BCUT2D eigenvalue weighted by Gasteiger charge is 2.06. The number of aliphatic hydroxyl groups is 1. The van der Waals surface area contributed by atoms with Crippen molar-refractivity contribution in [1.29, 1.82) is 0 Å². The van der Waals surface area contributed by atoms with Crippen LogP contribution in [0.3, 0.4) is 0 Å². The van der Waals surface area contributed by atoms with E-state index < -0.39 is 0 Å². The van der Waals surface area contributed by atoms with Crippen LogP contribution >= 0.6 is 0 Å². The number of ether oxygens (including phenoxy) is 1. The van der Waals surface area contributed by atoms with Gasteiger partial charge in [0.25, 0.3) is 0 Å². The molecule has 0 radical (unpaired) electrons. The molecule has 0 heterocycles. The molecule has 0 bridgehead atoms. The van der Waals surface area contributed by atoms with Gasteiger partial charge >= 0.3 is 0 Å². The predicted octanol–water partition coefficient (Wildman–Crippen LogP) is 4.69. The number of aliphatic hydroxyl groups excluding tert-OH is 1. The van der Waals surface area contributed by atoms with Gasteiger partial charge in [0.15, 0.2) is 0 Å². The summed E-state index contributed by atoms with van der Waals surface area (Å²) in [5.41, 5.74) is 0. The van der Waals surface area contributed by atoms with E-state index in [0.717, 1.165) is 19.4 Å². The first-order chi connectivity index (χ1) is 8.85. The third-order valence-corrected chi connectivity index (χ3v) is 3.43. The molecule has 0 fully saturated rings. The Morgan fingerprint density at radius 3 is 1.94 bits per heavy atom. The molecule has 18 heavy (non-hydrogen) atoms. The Kier molecular flexibility index (Phi) is 14.9. The zero-order chi connectivity index (χ0) is 13.5. The molecule has 2 nitrogen and oxygen atoms in total. The minimum absolute atomic E-state index is 0.0810. The predicted molar refractivity (Wildman–Crippen MR) is 79.0 cm³/mol. The average molecular weight is 258 g/mol. The van der Waals surface area contributed by atoms with Crippen LogP contribution < -0.4 is 0 Å². The van der Waals surface area contributed by atoms with Crippen molar-refractivity contribution in [2.75, 3.05) is 13.2 Å². The third kappa shape index (κ3) is 12.4. The van der Waals surface area contributed by atoms with Crippen molar-refractivity contribution in [3.05, 3.63) is 0 Å². The lowest BCUT2D eigenvalue weighted by Crippen LogP contribution is -2.18. The van der Waals surface area contributed by atoms with Crippen molar-refractivity contribution in [1.82, 2.24) is 0 Å². The van der Waals surface area contributed by atoms with Crippen molar-refractivity contribution >= 4 is 0 Å². The van der Waals surface area contributed by atoms with Crippen LogP contribution in [0.25, 0.3) is 0 Å². The number of rotatable bonds is 14. The summed E-state index contributed by atoms with van der Waals surface area (Å²) in [6.07, 6.45) is 13.9. The van der Waals surface area contributed by atoms with Gasteiger partial charge in [-0.2, -0.15) is 0 Å². The highest BCUT2D eigenvalue weighted by atomic mass is 16.5. The van der Waals surface area contributed by atoms with Crippen molar-refractivity contribution in [2.45, 2.75) is 90.6 Å². The molecule has 0 saturated carbocycles. The smallest absolute Gasteiger partial charge is 0.0805 e. The molecule has 0 aromatic carbocycles. The summed E-state index contributed by atoms with van der Waals surface area (Å²) in [6, 6.07) is 0. The maximum Gasteiger partial charge on any atom is 0.0805 e. The van der Waals surface area contributed by atoms with Gasteiger partial charge < -0.3 is 9.84 Å².